The second-order valence-corrected chi connectivity index (χ2v) is 7.11. The number of alkyl halides is 3. The van der Waals surface area contributed by atoms with Gasteiger partial charge in [0.1, 0.15) is 11.6 Å². The van der Waals surface area contributed by atoms with Gasteiger partial charge in [-0.2, -0.15) is 18.3 Å². The van der Waals surface area contributed by atoms with Gasteiger partial charge in [0.25, 0.3) is 5.91 Å². The summed E-state index contributed by atoms with van der Waals surface area (Å²) < 4.78 is 46.7. The molecule has 6 nitrogen and oxygen atoms in total. The van der Waals surface area contributed by atoms with Crippen LogP contribution in [0.25, 0.3) is 0 Å². The maximum Gasteiger partial charge on any atom is 0.410 e. The Morgan fingerprint density at radius 2 is 2.26 bits per heavy atom. The van der Waals surface area contributed by atoms with Gasteiger partial charge < -0.3 is 15.1 Å². The van der Waals surface area contributed by atoms with Gasteiger partial charge in [0.2, 0.25) is 0 Å². The zero-order valence-electron chi connectivity index (χ0n) is 13.9. The highest BCUT2D eigenvalue weighted by Gasteiger charge is 2.47. The van der Waals surface area contributed by atoms with E-state index in [1.54, 1.807) is 24.3 Å². The zero-order chi connectivity index (χ0) is 19.0. The van der Waals surface area contributed by atoms with Crippen LogP contribution in [0.4, 0.5) is 19.0 Å². The Balaban J connectivity index is 1.58. The molecule has 0 aromatic carbocycles. The van der Waals surface area contributed by atoms with Crippen molar-refractivity contribution in [3.63, 3.8) is 0 Å². The molecule has 1 aliphatic heterocycles. The van der Waals surface area contributed by atoms with Gasteiger partial charge in [0.05, 0.1) is 18.8 Å². The number of hydrogen-bond donors (Lipinski definition) is 2. The molecule has 0 saturated heterocycles. The standard InChI is InChI=1S/C17H15F3N4O2S/c18-17(19,20)14-7-11(13-4-2-6-27-13)22-15-8-12(23-24(14)15)16(25)21-9-10-3-1-5-26-10/h1-6,8,11,14,22H,7,9H2,(H,21,25)/t11-,14+/m0/s1. The Kier molecular flexibility index (Phi) is 4.42. The predicted octanol–water partition coefficient (Wildman–Crippen LogP) is 4.13. The molecule has 3 aromatic heterocycles. The largest absolute Gasteiger partial charge is 0.467 e. The zero-order valence-corrected chi connectivity index (χ0v) is 14.7. The van der Waals surface area contributed by atoms with Crippen LogP contribution in [0, 0.1) is 0 Å². The Labute approximate surface area is 156 Å². The van der Waals surface area contributed by atoms with Crippen molar-refractivity contribution in [2.24, 2.45) is 0 Å². The van der Waals surface area contributed by atoms with Crippen molar-refractivity contribution in [2.75, 3.05) is 5.32 Å². The van der Waals surface area contributed by atoms with Gasteiger partial charge in [-0.3, -0.25) is 4.79 Å². The van der Waals surface area contributed by atoms with Crippen molar-refractivity contribution >= 4 is 23.1 Å². The van der Waals surface area contributed by atoms with Gasteiger partial charge in [-0.25, -0.2) is 4.68 Å². The summed E-state index contributed by atoms with van der Waals surface area (Å²) in [7, 11) is 0. The van der Waals surface area contributed by atoms with Crippen LogP contribution in [0.5, 0.6) is 0 Å². The Morgan fingerprint density at radius 1 is 1.41 bits per heavy atom. The minimum absolute atomic E-state index is 0.0786. The molecule has 1 aliphatic rings. The molecule has 0 spiro atoms. The Hall–Kier alpha value is -2.75. The lowest BCUT2D eigenvalue weighted by Crippen LogP contribution is -2.35. The summed E-state index contributed by atoms with van der Waals surface area (Å²) in [5.74, 6) is 0.144. The summed E-state index contributed by atoms with van der Waals surface area (Å²) in [4.78, 5) is 13.1. The molecule has 3 aromatic rings. The number of fused-ring (bicyclic) bond motifs is 1. The number of thiophene rings is 1. The third kappa shape index (κ3) is 3.57. The summed E-state index contributed by atoms with van der Waals surface area (Å²) >= 11 is 1.39. The van der Waals surface area contributed by atoms with Crippen molar-refractivity contribution in [2.45, 2.75) is 31.2 Å². The van der Waals surface area contributed by atoms with Crippen molar-refractivity contribution in [1.29, 1.82) is 0 Å². The average Bonchev–Trinajstić information content (AvgIpc) is 3.38. The van der Waals surface area contributed by atoms with E-state index in [-0.39, 0.29) is 24.5 Å². The second-order valence-electron chi connectivity index (χ2n) is 6.13. The molecule has 1 amide bonds. The highest BCUT2D eigenvalue weighted by Crippen LogP contribution is 2.44. The lowest BCUT2D eigenvalue weighted by atomic mass is 10.0. The molecule has 4 heterocycles. The van der Waals surface area contributed by atoms with E-state index in [4.69, 9.17) is 4.42 Å². The van der Waals surface area contributed by atoms with E-state index >= 15 is 0 Å². The number of furan rings is 1. The van der Waals surface area contributed by atoms with Crippen LogP contribution in [0.1, 0.15) is 39.6 Å². The van der Waals surface area contributed by atoms with Crippen LogP contribution in [-0.2, 0) is 6.54 Å². The summed E-state index contributed by atoms with van der Waals surface area (Å²) in [6, 6.07) is 6.01. The number of anilines is 1. The van der Waals surface area contributed by atoms with E-state index in [0.29, 0.717) is 5.76 Å². The normalized spacial score (nSPS) is 19.4. The highest BCUT2D eigenvalue weighted by molar-refractivity contribution is 7.10. The summed E-state index contributed by atoms with van der Waals surface area (Å²) in [6.45, 7) is 0.127. The quantitative estimate of drug-likeness (QED) is 0.696. The third-order valence-corrected chi connectivity index (χ3v) is 5.30. The fourth-order valence-corrected chi connectivity index (χ4v) is 3.82. The van der Waals surface area contributed by atoms with Crippen molar-refractivity contribution in [3.05, 3.63) is 58.3 Å². The molecule has 27 heavy (non-hydrogen) atoms. The van der Waals surface area contributed by atoms with E-state index in [2.05, 4.69) is 15.7 Å². The number of nitrogens with zero attached hydrogens (tertiary/aromatic N) is 2. The van der Waals surface area contributed by atoms with Gasteiger partial charge in [-0.05, 0) is 23.6 Å². The van der Waals surface area contributed by atoms with Crippen LogP contribution in [0.3, 0.4) is 0 Å². The van der Waals surface area contributed by atoms with Crippen LogP contribution in [0.2, 0.25) is 0 Å². The maximum absolute atomic E-state index is 13.6. The second kappa shape index (κ2) is 6.76. The molecule has 0 radical (unpaired) electrons. The first-order chi connectivity index (χ1) is 12.9. The third-order valence-electron chi connectivity index (χ3n) is 4.31. The van der Waals surface area contributed by atoms with E-state index in [0.717, 1.165) is 9.56 Å². The number of nitrogens with one attached hydrogen (secondary N) is 2. The molecule has 2 N–H and O–H groups in total. The fraction of sp³-hybridized carbons (Fsp3) is 0.294. The van der Waals surface area contributed by atoms with E-state index < -0.39 is 24.2 Å². The van der Waals surface area contributed by atoms with Crippen LogP contribution < -0.4 is 10.6 Å². The molecule has 0 saturated carbocycles. The van der Waals surface area contributed by atoms with Crippen molar-refractivity contribution in [3.8, 4) is 0 Å². The monoisotopic (exact) mass is 396 g/mol. The number of carbonyl (C=O) groups excluding carboxylic acids is 1. The van der Waals surface area contributed by atoms with Gasteiger partial charge in [0, 0.05) is 17.4 Å². The smallest absolute Gasteiger partial charge is 0.410 e. The Morgan fingerprint density at radius 3 is 2.93 bits per heavy atom. The van der Waals surface area contributed by atoms with Crippen LogP contribution in [0.15, 0.2) is 46.4 Å². The van der Waals surface area contributed by atoms with Gasteiger partial charge in [0.15, 0.2) is 11.7 Å². The van der Waals surface area contributed by atoms with Crippen molar-refractivity contribution < 1.29 is 22.4 Å². The molecule has 4 rings (SSSR count). The van der Waals surface area contributed by atoms with E-state index in [1.165, 1.54) is 23.7 Å². The molecule has 10 heteroatoms. The summed E-state index contributed by atoms with van der Waals surface area (Å²) in [5, 5.41) is 11.4. The average molecular weight is 396 g/mol. The van der Waals surface area contributed by atoms with E-state index in [9.17, 15) is 18.0 Å². The Bertz CT molecular complexity index is 919. The molecule has 142 valence electrons. The highest BCUT2D eigenvalue weighted by atomic mass is 32.1. The lowest BCUT2D eigenvalue weighted by Gasteiger charge is -2.32. The number of amides is 1. The molecule has 0 aliphatic carbocycles. The molecule has 0 unspecified atom stereocenters. The number of carbonyl (C=O) groups is 1. The molecular weight excluding hydrogens is 381 g/mol. The first kappa shape index (κ1) is 17.7. The fourth-order valence-electron chi connectivity index (χ4n) is 3.03. The van der Waals surface area contributed by atoms with Crippen LogP contribution in [-0.4, -0.2) is 21.9 Å². The number of hydrogen-bond acceptors (Lipinski definition) is 5. The lowest BCUT2D eigenvalue weighted by molar-refractivity contribution is -0.173. The molecule has 0 fully saturated rings. The summed E-state index contributed by atoms with van der Waals surface area (Å²) in [6.07, 6.45) is -3.19. The summed E-state index contributed by atoms with van der Waals surface area (Å²) in [5.41, 5.74) is -0.0786. The van der Waals surface area contributed by atoms with Crippen LogP contribution >= 0.6 is 11.3 Å². The molecule has 2 atom stereocenters. The minimum atomic E-state index is -4.47. The van der Waals surface area contributed by atoms with Crippen molar-refractivity contribution in [1.82, 2.24) is 15.1 Å². The molecular formula is C17H15F3N4O2S. The SMILES string of the molecule is O=C(NCc1ccco1)c1cc2n(n1)[C@@H](C(F)(F)F)C[C@@H](c1cccs1)N2. The van der Waals surface area contributed by atoms with Gasteiger partial charge >= 0.3 is 6.18 Å². The van der Waals surface area contributed by atoms with Gasteiger partial charge in [-0.1, -0.05) is 6.07 Å². The maximum atomic E-state index is 13.6. The van der Waals surface area contributed by atoms with E-state index in [1.807, 2.05) is 5.38 Å². The first-order valence-electron chi connectivity index (χ1n) is 8.18. The number of halogens is 3. The minimum Gasteiger partial charge on any atom is -0.467 e. The first-order valence-corrected chi connectivity index (χ1v) is 9.06. The number of aromatic nitrogens is 2. The number of rotatable bonds is 4. The topological polar surface area (TPSA) is 72.1 Å². The van der Waals surface area contributed by atoms with Gasteiger partial charge in [-0.15, -0.1) is 11.3 Å². The predicted molar refractivity (Wildman–Crippen MR) is 92.5 cm³/mol. The molecule has 0 bridgehead atoms.